The summed E-state index contributed by atoms with van der Waals surface area (Å²) in [4.78, 5) is 12.3. The molecule has 110 valence electrons. The molecular formula is C14H13ClN2O3S. The van der Waals surface area contributed by atoms with Crippen LogP contribution >= 0.6 is 22.9 Å². The number of hydrazone groups is 1. The van der Waals surface area contributed by atoms with E-state index in [1.54, 1.807) is 24.3 Å². The summed E-state index contributed by atoms with van der Waals surface area (Å²) >= 11 is 7.43. The van der Waals surface area contributed by atoms with Crippen molar-refractivity contribution in [2.24, 2.45) is 5.10 Å². The second-order valence-electron chi connectivity index (χ2n) is 3.91. The molecule has 1 aromatic heterocycles. The first-order valence-electron chi connectivity index (χ1n) is 5.94. The molecule has 5 nitrogen and oxygen atoms in total. The van der Waals surface area contributed by atoms with Gasteiger partial charge in [0, 0.05) is 0 Å². The molecule has 7 heteroatoms. The van der Waals surface area contributed by atoms with Crippen molar-refractivity contribution in [2.75, 3.05) is 14.2 Å². The molecule has 0 bridgehead atoms. The molecule has 0 aliphatic heterocycles. The third-order valence-corrected chi connectivity index (χ3v) is 3.73. The van der Waals surface area contributed by atoms with Crippen molar-refractivity contribution in [3.05, 3.63) is 45.1 Å². The summed E-state index contributed by atoms with van der Waals surface area (Å²) in [5.74, 6) is 0.697. The Kier molecular flexibility index (Phi) is 5.19. The average molecular weight is 325 g/mol. The van der Waals surface area contributed by atoms with E-state index in [2.05, 4.69) is 10.5 Å². The Hall–Kier alpha value is -2.05. The van der Waals surface area contributed by atoms with Crippen LogP contribution in [0.5, 0.6) is 11.5 Å². The maximum atomic E-state index is 11.7. The predicted octanol–water partition coefficient (Wildman–Crippen LogP) is 3.18. The van der Waals surface area contributed by atoms with E-state index in [-0.39, 0.29) is 5.91 Å². The third kappa shape index (κ3) is 3.74. The van der Waals surface area contributed by atoms with Crippen LogP contribution in [0, 0.1) is 0 Å². The number of benzene rings is 1. The number of carbonyl (C=O) groups is 1. The number of thiophene rings is 1. The number of hydrogen-bond donors (Lipinski definition) is 1. The van der Waals surface area contributed by atoms with Gasteiger partial charge in [-0.05, 0) is 29.1 Å². The topological polar surface area (TPSA) is 59.9 Å². The minimum atomic E-state index is -0.257. The summed E-state index contributed by atoms with van der Waals surface area (Å²) < 4.78 is 10.3. The van der Waals surface area contributed by atoms with Gasteiger partial charge in [0.05, 0.1) is 30.3 Å². The normalized spacial score (nSPS) is 10.6. The number of halogens is 1. The summed E-state index contributed by atoms with van der Waals surface area (Å²) in [6.45, 7) is 0. The van der Waals surface area contributed by atoms with E-state index in [4.69, 9.17) is 21.1 Å². The van der Waals surface area contributed by atoms with Gasteiger partial charge in [-0.2, -0.15) is 5.10 Å². The highest BCUT2D eigenvalue weighted by Gasteiger charge is 2.10. The molecule has 0 unspecified atom stereocenters. The van der Waals surface area contributed by atoms with E-state index in [0.29, 0.717) is 27.0 Å². The van der Waals surface area contributed by atoms with Gasteiger partial charge >= 0.3 is 0 Å². The Morgan fingerprint density at radius 3 is 2.81 bits per heavy atom. The zero-order valence-electron chi connectivity index (χ0n) is 11.4. The SMILES string of the molecule is COc1cc(/C=N/NC(=O)c2cccs2)cc(Cl)c1OC. The summed E-state index contributed by atoms with van der Waals surface area (Å²) in [6, 6.07) is 6.91. The lowest BCUT2D eigenvalue weighted by molar-refractivity contribution is 0.0959. The van der Waals surface area contributed by atoms with Crippen LogP contribution in [-0.2, 0) is 0 Å². The monoisotopic (exact) mass is 324 g/mol. The molecule has 1 amide bonds. The molecule has 2 aromatic rings. The lowest BCUT2D eigenvalue weighted by Crippen LogP contribution is -2.16. The lowest BCUT2D eigenvalue weighted by atomic mass is 10.2. The van der Waals surface area contributed by atoms with Gasteiger partial charge in [0.2, 0.25) is 0 Å². The maximum Gasteiger partial charge on any atom is 0.281 e. The number of amides is 1. The Bertz CT molecular complexity index is 656. The number of carbonyl (C=O) groups excluding carboxylic acids is 1. The van der Waals surface area contributed by atoms with Crippen LogP contribution in [0.25, 0.3) is 0 Å². The third-order valence-electron chi connectivity index (χ3n) is 2.58. The van der Waals surface area contributed by atoms with E-state index < -0.39 is 0 Å². The van der Waals surface area contributed by atoms with Crippen LogP contribution in [-0.4, -0.2) is 26.3 Å². The molecule has 0 aliphatic carbocycles. The van der Waals surface area contributed by atoms with Crippen molar-refractivity contribution < 1.29 is 14.3 Å². The molecule has 0 radical (unpaired) electrons. The number of methoxy groups -OCH3 is 2. The maximum absolute atomic E-state index is 11.7. The number of ether oxygens (including phenoxy) is 2. The van der Waals surface area contributed by atoms with Crippen molar-refractivity contribution in [1.29, 1.82) is 0 Å². The Balaban J connectivity index is 2.11. The molecule has 1 N–H and O–H groups in total. The highest BCUT2D eigenvalue weighted by atomic mass is 35.5. The summed E-state index contributed by atoms with van der Waals surface area (Å²) in [5, 5.41) is 6.13. The van der Waals surface area contributed by atoms with Crippen LogP contribution in [0.1, 0.15) is 15.2 Å². The van der Waals surface area contributed by atoms with Crippen LogP contribution < -0.4 is 14.9 Å². The van der Waals surface area contributed by atoms with E-state index in [1.165, 1.54) is 31.8 Å². The van der Waals surface area contributed by atoms with Crippen LogP contribution in [0.15, 0.2) is 34.7 Å². The Labute approximate surface area is 131 Å². The minimum Gasteiger partial charge on any atom is -0.493 e. The Morgan fingerprint density at radius 1 is 1.38 bits per heavy atom. The number of nitrogens with zero attached hydrogens (tertiary/aromatic N) is 1. The highest BCUT2D eigenvalue weighted by molar-refractivity contribution is 7.12. The first-order chi connectivity index (χ1) is 10.2. The molecule has 0 fully saturated rings. The van der Waals surface area contributed by atoms with Gasteiger partial charge in [-0.1, -0.05) is 17.7 Å². The molecule has 21 heavy (non-hydrogen) atoms. The zero-order valence-corrected chi connectivity index (χ0v) is 13.0. The Morgan fingerprint density at radius 2 is 2.19 bits per heavy atom. The highest BCUT2D eigenvalue weighted by Crippen LogP contribution is 2.35. The van der Waals surface area contributed by atoms with Gasteiger partial charge in [0.15, 0.2) is 11.5 Å². The van der Waals surface area contributed by atoms with E-state index in [1.807, 2.05) is 5.38 Å². The fourth-order valence-corrected chi connectivity index (χ4v) is 2.55. The smallest absolute Gasteiger partial charge is 0.281 e. The number of nitrogens with one attached hydrogen (secondary N) is 1. The second kappa shape index (κ2) is 7.10. The van der Waals surface area contributed by atoms with Crippen molar-refractivity contribution in [3.63, 3.8) is 0 Å². The molecule has 0 aliphatic rings. The van der Waals surface area contributed by atoms with Crippen LogP contribution in [0.4, 0.5) is 0 Å². The van der Waals surface area contributed by atoms with Crippen molar-refractivity contribution in [3.8, 4) is 11.5 Å². The fraction of sp³-hybridized carbons (Fsp3) is 0.143. The molecule has 1 aromatic carbocycles. The van der Waals surface area contributed by atoms with Crippen LogP contribution in [0.2, 0.25) is 5.02 Å². The van der Waals surface area contributed by atoms with Gasteiger partial charge in [0.25, 0.3) is 5.91 Å². The number of hydrogen-bond acceptors (Lipinski definition) is 5. The largest absolute Gasteiger partial charge is 0.493 e. The molecule has 0 spiro atoms. The minimum absolute atomic E-state index is 0.257. The van der Waals surface area contributed by atoms with Gasteiger partial charge in [-0.15, -0.1) is 11.3 Å². The molecule has 1 heterocycles. The van der Waals surface area contributed by atoms with Gasteiger partial charge in [-0.25, -0.2) is 5.43 Å². The first kappa shape index (κ1) is 15.3. The molecule has 2 rings (SSSR count). The molecule has 0 saturated carbocycles. The quantitative estimate of drug-likeness (QED) is 0.678. The standard InChI is InChI=1S/C14H13ClN2O3S/c1-19-11-7-9(6-10(15)13(11)20-2)8-16-17-14(18)12-4-3-5-21-12/h3-8H,1-2H3,(H,17,18)/b16-8+. The van der Waals surface area contributed by atoms with Gasteiger partial charge in [0.1, 0.15) is 0 Å². The predicted molar refractivity (Wildman–Crippen MR) is 83.9 cm³/mol. The lowest BCUT2D eigenvalue weighted by Gasteiger charge is -2.09. The van der Waals surface area contributed by atoms with E-state index in [9.17, 15) is 4.79 Å². The van der Waals surface area contributed by atoms with E-state index in [0.717, 1.165) is 0 Å². The number of rotatable bonds is 5. The van der Waals surface area contributed by atoms with Crippen molar-refractivity contribution in [1.82, 2.24) is 5.43 Å². The molecular weight excluding hydrogens is 312 g/mol. The second-order valence-corrected chi connectivity index (χ2v) is 5.27. The van der Waals surface area contributed by atoms with E-state index >= 15 is 0 Å². The summed E-state index contributed by atoms with van der Waals surface area (Å²) in [5.41, 5.74) is 3.13. The van der Waals surface area contributed by atoms with Crippen LogP contribution in [0.3, 0.4) is 0 Å². The van der Waals surface area contributed by atoms with Crippen molar-refractivity contribution in [2.45, 2.75) is 0 Å². The molecule has 0 atom stereocenters. The van der Waals surface area contributed by atoms with Crippen molar-refractivity contribution >= 4 is 35.1 Å². The summed E-state index contributed by atoms with van der Waals surface area (Å²) in [6.07, 6.45) is 1.49. The summed E-state index contributed by atoms with van der Waals surface area (Å²) in [7, 11) is 3.03. The fourth-order valence-electron chi connectivity index (χ4n) is 1.64. The average Bonchev–Trinajstić information content (AvgIpc) is 3.00. The van der Waals surface area contributed by atoms with Gasteiger partial charge in [-0.3, -0.25) is 4.79 Å². The molecule has 0 saturated heterocycles. The van der Waals surface area contributed by atoms with Gasteiger partial charge < -0.3 is 9.47 Å². The zero-order chi connectivity index (χ0) is 15.2. The first-order valence-corrected chi connectivity index (χ1v) is 7.20.